The summed E-state index contributed by atoms with van der Waals surface area (Å²) in [5, 5.41) is 2.70. The molecule has 0 bridgehead atoms. The molecule has 0 fully saturated rings. The molecule has 2 aromatic rings. The maximum Gasteiger partial charge on any atom is 0.573 e. The molecule has 0 aliphatic heterocycles. The van der Waals surface area contributed by atoms with Gasteiger partial charge in [0.2, 0.25) is 5.91 Å². The van der Waals surface area contributed by atoms with Crippen molar-refractivity contribution in [2.45, 2.75) is 25.9 Å². The van der Waals surface area contributed by atoms with E-state index in [0.717, 1.165) is 5.56 Å². The van der Waals surface area contributed by atoms with E-state index in [2.05, 4.69) is 10.1 Å². The molecule has 0 heterocycles. The summed E-state index contributed by atoms with van der Waals surface area (Å²) in [5.41, 5.74) is 1.66. The third-order valence-electron chi connectivity index (χ3n) is 4.23. The molecule has 0 radical (unpaired) electrons. The maximum atomic E-state index is 12.2. The molecule has 0 saturated carbocycles. The van der Waals surface area contributed by atoms with Gasteiger partial charge in [-0.1, -0.05) is 42.5 Å². The van der Waals surface area contributed by atoms with E-state index >= 15 is 0 Å². The molecule has 0 aliphatic rings. The van der Waals surface area contributed by atoms with E-state index in [1.165, 1.54) is 34.1 Å². The topological polar surface area (TPSA) is 61.9 Å². The Morgan fingerprint density at radius 2 is 1.47 bits per heavy atom. The van der Waals surface area contributed by atoms with E-state index in [0.29, 0.717) is 12.1 Å². The number of urea groups is 1. The summed E-state index contributed by atoms with van der Waals surface area (Å²) in [6.45, 7) is 0.862. The summed E-state index contributed by atoms with van der Waals surface area (Å²) in [6, 6.07) is 14.6. The summed E-state index contributed by atoms with van der Waals surface area (Å²) in [7, 11) is 3.26. The molecule has 0 aliphatic carbocycles. The number of halogens is 3. The zero-order valence-corrected chi connectivity index (χ0v) is 16.8. The quantitative estimate of drug-likeness (QED) is 0.703. The second kappa shape index (κ2) is 10.5. The Morgan fingerprint density at radius 1 is 0.900 bits per heavy atom. The lowest BCUT2D eigenvalue weighted by molar-refractivity contribution is -0.274. The van der Waals surface area contributed by atoms with Gasteiger partial charge in [-0.05, 0) is 23.3 Å². The van der Waals surface area contributed by atoms with Crippen molar-refractivity contribution in [3.05, 3.63) is 65.7 Å². The van der Waals surface area contributed by atoms with Crippen molar-refractivity contribution < 1.29 is 27.5 Å². The number of rotatable bonds is 8. The summed E-state index contributed by atoms with van der Waals surface area (Å²) in [4.78, 5) is 27.3. The molecular formula is C21H24F3N3O3. The van der Waals surface area contributed by atoms with Gasteiger partial charge in [0, 0.05) is 40.2 Å². The van der Waals surface area contributed by atoms with Crippen LogP contribution < -0.4 is 10.1 Å². The Balaban J connectivity index is 1.73. The number of carbonyl (C=O) groups is 2. The normalized spacial score (nSPS) is 11.0. The van der Waals surface area contributed by atoms with Crippen LogP contribution in [0, 0.1) is 0 Å². The SMILES string of the molecule is CN(Cc1ccc(OC(F)(F)F)cc1)C(=O)CCNC(=O)N(C)Cc1ccccc1. The molecule has 2 rings (SSSR count). The number of nitrogens with one attached hydrogen (secondary N) is 1. The molecule has 9 heteroatoms. The van der Waals surface area contributed by atoms with Crippen LogP contribution in [0.3, 0.4) is 0 Å². The first-order valence-electron chi connectivity index (χ1n) is 9.25. The fraction of sp³-hybridized carbons (Fsp3) is 0.333. The van der Waals surface area contributed by atoms with Crippen LogP contribution in [-0.2, 0) is 17.9 Å². The van der Waals surface area contributed by atoms with Gasteiger partial charge in [-0.2, -0.15) is 0 Å². The van der Waals surface area contributed by atoms with Gasteiger partial charge < -0.3 is 19.9 Å². The second-order valence-electron chi connectivity index (χ2n) is 6.77. The number of carbonyl (C=O) groups excluding carboxylic acids is 2. The van der Waals surface area contributed by atoms with Crippen LogP contribution in [0.15, 0.2) is 54.6 Å². The summed E-state index contributed by atoms with van der Waals surface area (Å²) in [6.07, 6.45) is -4.63. The van der Waals surface area contributed by atoms with E-state index < -0.39 is 6.36 Å². The molecule has 0 spiro atoms. The van der Waals surface area contributed by atoms with Crippen LogP contribution >= 0.6 is 0 Å². The van der Waals surface area contributed by atoms with Crippen LogP contribution in [-0.4, -0.2) is 48.7 Å². The molecule has 6 nitrogen and oxygen atoms in total. The fourth-order valence-corrected chi connectivity index (χ4v) is 2.69. The van der Waals surface area contributed by atoms with Crippen LogP contribution in [0.25, 0.3) is 0 Å². The Kier molecular flexibility index (Phi) is 8.08. The molecule has 2 aromatic carbocycles. The van der Waals surface area contributed by atoms with Crippen molar-refractivity contribution >= 4 is 11.9 Å². The minimum Gasteiger partial charge on any atom is -0.406 e. The Hall–Kier alpha value is -3.23. The Bertz CT molecular complexity index is 827. The standard InChI is InChI=1S/C21H24F3N3O3/c1-26(14-17-8-10-18(11-9-17)30-21(22,23)24)19(28)12-13-25-20(29)27(2)15-16-6-4-3-5-7-16/h3-11H,12-15H2,1-2H3,(H,25,29). The van der Waals surface area contributed by atoms with E-state index in [1.54, 1.807) is 14.1 Å². The van der Waals surface area contributed by atoms with Gasteiger partial charge in [0.1, 0.15) is 5.75 Å². The Morgan fingerprint density at radius 3 is 2.07 bits per heavy atom. The van der Waals surface area contributed by atoms with Gasteiger partial charge in [-0.3, -0.25) is 4.79 Å². The van der Waals surface area contributed by atoms with Gasteiger partial charge in [0.05, 0.1) is 0 Å². The molecule has 0 atom stereocenters. The van der Waals surface area contributed by atoms with Crippen molar-refractivity contribution in [2.75, 3.05) is 20.6 Å². The zero-order chi connectivity index (χ0) is 22.1. The lowest BCUT2D eigenvalue weighted by Crippen LogP contribution is -2.39. The van der Waals surface area contributed by atoms with E-state index in [4.69, 9.17) is 0 Å². The molecule has 0 saturated heterocycles. The molecule has 1 N–H and O–H groups in total. The largest absolute Gasteiger partial charge is 0.573 e. The van der Waals surface area contributed by atoms with E-state index in [9.17, 15) is 22.8 Å². The summed E-state index contributed by atoms with van der Waals surface area (Å²) < 4.78 is 40.4. The highest BCUT2D eigenvalue weighted by Crippen LogP contribution is 2.23. The first-order chi connectivity index (χ1) is 14.1. The van der Waals surface area contributed by atoms with Crippen LogP contribution in [0.5, 0.6) is 5.75 Å². The average Bonchev–Trinajstić information content (AvgIpc) is 2.68. The highest BCUT2D eigenvalue weighted by Gasteiger charge is 2.30. The summed E-state index contributed by atoms with van der Waals surface area (Å²) >= 11 is 0. The number of ether oxygens (including phenoxy) is 1. The van der Waals surface area contributed by atoms with Crippen LogP contribution in [0.2, 0.25) is 0 Å². The van der Waals surface area contributed by atoms with Crippen molar-refractivity contribution in [3.63, 3.8) is 0 Å². The zero-order valence-electron chi connectivity index (χ0n) is 16.8. The van der Waals surface area contributed by atoms with Gasteiger partial charge in [-0.25, -0.2) is 4.79 Å². The van der Waals surface area contributed by atoms with E-state index in [1.807, 2.05) is 30.3 Å². The van der Waals surface area contributed by atoms with Crippen molar-refractivity contribution in [1.29, 1.82) is 0 Å². The smallest absolute Gasteiger partial charge is 0.406 e. The van der Waals surface area contributed by atoms with Crippen LogP contribution in [0.1, 0.15) is 17.5 Å². The highest BCUT2D eigenvalue weighted by molar-refractivity contribution is 5.78. The number of alkyl halides is 3. The molecule has 30 heavy (non-hydrogen) atoms. The fourth-order valence-electron chi connectivity index (χ4n) is 2.69. The number of hydrogen-bond acceptors (Lipinski definition) is 3. The predicted molar refractivity (Wildman–Crippen MR) is 106 cm³/mol. The van der Waals surface area contributed by atoms with Crippen molar-refractivity contribution in [3.8, 4) is 5.75 Å². The van der Waals surface area contributed by atoms with Gasteiger partial charge in [-0.15, -0.1) is 13.2 Å². The number of nitrogens with zero attached hydrogens (tertiary/aromatic N) is 2. The monoisotopic (exact) mass is 423 g/mol. The molecule has 3 amide bonds. The number of benzene rings is 2. The number of amides is 3. The van der Waals surface area contributed by atoms with Crippen molar-refractivity contribution in [1.82, 2.24) is 15.1 Å². The summed E-state index contributed by atoms with van der Waals surface area (Å²) in [5.74, 6) is -0.515. The highest BCUT2D eigenvalue weighted by atomic mass is 19.4. The molecule has 0 unspecified atom stereocenters. The number of hydrogen-bond donors (Lipinski definition) is 1. The predicted octanol–water partition coefficient (Wildman–Crippen LogP) is 3.78. The average molecular weight is 423 g/mol. The molecule has 162 valence electrons. The lowest BCUT2D eigenvalue weighted by atomic mass is 10.2. The lowest BCUT2D eigenvalue weighted by Gasteiger charge is -2.20. The van der Waals surface area contributed by atoms with Gasteiger partial charge in [0.25, 0.3) is 0 Å². The first-order valence-corrected chi connectivity index (χ1v) is 9.25. The maximum absolute atomic E-state index is 12.2. The van der Waals surface area contributed by atoms with Gasteiger partial charge >= 0.3 is 12.4 Å². The Labute approximate surface area is 173 Å². The second-order valence-corrected chi connectivity index (χ2v) is 6.77. The third kappa shape index (κ3) is 8.02. The third-order valence-corrected chi connectivity index (χ3v) is 4.23. The minimum absolute atomic E-state index is 0.108. The molecule has 0 aromatic heterocycles. The van der Waals surface area contributed by atoms with Crippen molar-refractivity contribution in [2.24, 2.45) is 0 Å². The van der Waals surface area contributed by atoms with Crippen LogP contribution in [0.4, 0.5) is 18.0 Å². The van der Waals surface area contributed by atoms with Gasteiger partial charge in [0.15, 0.2) is 0 Å². The van der Waals surface area contributed by atoms with E-state index in [-0.39, 0.29) is 37.2 Å². The first kappa shape index (κ1) is 23.1. The minimum atomic E-state index is -4.74. The molecular weight excluding hydrogens is 399 g/mol.